The highest BCUT2D eigenvalue weighted by Gasteiger charge is 2.20. The molecule has 29 heavy (non-hydrogen) atoms. The summed E-state index contributed by atoms with van der Waals surface area (Å²) in [6.07, 6.45) is 3.35. The number of thiazole rings is 1. The first kappa shape index (κ1) is 21.1. The van der Waals surface area contributed by atoms with Crippen LogP contribution in [0, 0.1) is 0 Å². The third-order valence-corrected chi connectivity index (χ3v) is 5.57. The topological polar surface area (TPSA) is 78.0 Å². The van der Waals surface area contributed by atoms with Crippen LogP contribution in [0.15, 0.2) is 23.6 Å². The predicted octanol–water partition coefficient (Wildman–Crippen LogP) is 3.66. The van der Waals surface area contributed by atoms with Crippen molar-refractivity contribution in [1.82, 2.24) is 9.88 Å². The van der Waals surface area contributed by atoms with E-state index in [1.165, 1.54) is 11.3 Å². The van der Waals surface area contributed by atoms with Gasteiger partial charge in [0.15, 0.2) is 11.5 Å². The lowest BCUT2D eigenvalue weighted by molar-refractivity contribution is -0.150. The third-order valence-electron chi connectivity index (χ3n) is 4.63. The van der Waals surface area contributed by atoms with Gasteiger partial charge in [-0.15, -0.1) is 11.3 Å². The molecule has 1 aliphatic rings. The van der Waals surface area contributed by atoms with E-state index in [9.17, 15) is 9.59 Å². The van der Waals surface area contributed by atoms with Crippen LogP contribution in [0.1, 0.15) is 38.3 Å². The van der Waals surface area contributed by atoms with E-state index in [0.717, 1.165) is 29.8 Å². The number of hydrogen-bond acceptors (Lipinski definition) is 7. The maximum Gasteiger partial charge on any atom is 0.326 e. The molecule has 3 rings (SSSR count). The zero-order valence-electron chi connectivity index (χ0n) is 16.8. The van der Waals surface area contributed by atoms with Crippen molar-refractivity contribution >= 4 is 23.2 Å². The van der Waals surface area contributed by atoms with Gasteiger partial charge in [0.05, 0.1) is 19.4 Å². The molecule has 2 aromatic rings. The van der Waals surface area contributed by atoms with Gasteiger partial charge in [-0.3, -0.25) is 9.59 Å². The average Bonchev–Trinajstić information content (AvgIpc) is 3.11. The first-order chi connectivity index (χ1) is 14.1. The van der Waals surface area contributed by atoms with E-state index in [4.69, 9.17) is 14.2 Å². The number of likely N-dealkylation sites (tertiary alicyclic amines) is 1. The van der Waals surface area contributed by atoms with E-state index in [-0.39, 0.29) is 19.1 Å². The molecule has 0 atom stereocenters. The van der Waals surface area contributed by atoms with Gasteiger partial charge in [0.25, 0.3) is 0 Å². The molecule has 1 saturated heterocycles. The van der Waals surface area contributed by atoms with Crippen molar-refractivity contribution in [2.45, 2.75) is 39.2 Å². The molecule has 0 saturated carbocycles. The minimum absolute atomic E-state index is 0.00587. The number of nitrogens with zero attached hydrogens (tertiary/aromatic N) is 2. The van der Waals surface area contributed by atoms with Crippen molar-refractivity contribution < 1.29 is 23.8 Å². The van der Waals surface area contributed by atoms with Gasteiger partial charge in [0, 0.05) is 23.9 Å². The largest absolute Gasteiger partial charge is 0.493 e. The summed E-state index contributed by atoms with van der Waals surface area (Å²) < 4.78 is 16.3. The predicted molar refractivity (Wildman–Crippen MR) is 110 cm³/mol. The van der Waals surface area contributed by atoms with Gasteiger partial charge in [-0.1, -0.05) is 6.42 Å². The van der Waals surface area contributed by atoms with Crippen LogP contribution in [0.5, 0.6) is 11.5 Å². The summed E-state index contributed by atoms with van der Waals surface area (Å²) in [5.74, 6) is 0.958. The van der Waals surface area contributed by atoms with Crippen molar-refractivity contribution in [2.75, 3.05) is 26.8 Å². The normalized spacial score (nSPS) is 14.4. The first-order valence-corrected chi connectivity index (χ1v) is 10.7. The Morgan fingerprint density at radius 2 is 2.10 bits per heavy atom. The minimum atomic E-state index is -0.405. The zero-order valence-corrected chi connectivity index (χ0v) is 17.6. The minimum Gasteiger partial charge on any atom is -0.493 e. The molecule has 0 unspecified atom stereocenters. The fraction of sp³-hybridized carbons (Fsp3) is 0.476. The number of rotatable bonds is 8. The molecule has 0 bridgehead atoms. The molecular weight excluding hydrogens is 392 g/mol. The second-order valence-corrected chi connectivity index (χ2v) is 7.59. The Morgan fingerprint density at radius 3 is 2.90 bits per heavy atom. The average molecular weight is 419 g/mol. The molecule has 0 spiro atoms. The molecule has 1 aliphatic heterocycles. The molecule has 1 amide bonds. The van der Waals surface area contributed by atoms with Crippen LogP contribution in [0.3, 0.4) is 0 Å². The molecule has 7 nitrogen and oxygen atoms in total. The van der Waals surface area contributed by atoms with Crippen molar-refractivity contribution in [3.8, 4) is 22.1 Å². The SMILES string of the molecule is CCOc1ccc(-c2nc(COC(=O)CN3CCCCCC3=O)cs2)cc1OC. The van der Waals surface area contributed by atoms with Crippen LogP contribution in [0.25, 0.3) is 10.6 Å². The second-order valence-electron chi connectivity index (χ2n) is 6.73. The van der Waals surface area contributed by atoms with Crippen LogP contribution in [0.4, 0.5) is 0 Å². The quantitative estimate of drug-likeness (QED) is 0.609. The van der Waals surface area contributed by atoms with Crippen LogP contribution in [-0.4, -0.2) is 48.6 Å². The van der Waals surface area contributed by atoms with Gasteiger partial charge in [0.1, 0.15) is 18.2 Å². The molecule has 0 radical (unpaired) electrons. The fourth-order valence-electron chi connectivity index (χ4n) is 3.14. The summed E-state index contributed by atoms with van der Waals surface area (Å²) in [5.41, 5.74) is 1.58. The number of ether oxygens (including phenoxy) is 3. The Morgan fingerprint density at radius 1 is 1.24 bits per heavy atom. The van der Waals surface area contributed by atoms with Crippen molar-refractivity contribution in [1.29, 1.82) is 0 Å². The van der Waals surface area contributed by atoms with E-state index in [1.807, 2.05) is 30.5 Å². The van der Waals surface area contributed by atoms with Crippen LogP contribution in [-0.2, 0) is 20.9 Å². The third kappa shape index (κ3) is 5.69. The second kappa shape index (κ2) is 10.2. The first-order valence-electron chi connectivity index (χ1n) is 9.79. The van der Waals surface area contributed by atoms with E-state index < -0.39 is 5.97 Å². The number of aromatic nitrogens is 1. The molecule has 1 aromatic carbocycles. The highest BCUT2D eigenvalue weighted by Crippen LogP contribution is 2.33. The fourth-order valence-corrected chi connectivity index (χ4v) is 3.94. The van der Waals surface area contributed by atoms with E-state index in [1.54, 1.807) is 12.0 Å². The van der Waals surface area contributed by atoms with Crippen molar-refractivity contribution in [3.05, 3.63) is 29.3 Å². The number of methoxy groups -OCH3 is 1. The lowest BCUT2D eigenvalue weighted by Crippen LogP contribution is -2.35. The molecule has 2 heterocycles. The lowest BCUT2D eigenvalue weighted by Gasteiger charge is -2.19. The number of hydrogen-bond donors (Lipinski definition) is 0. The highest BCUT2D eigenvalue weighted by atomic mass is 32.1. The zero-order chi connectivity index (χ0) is 20.6. The Bertz CT molecular complexity index is 851. The Kier molecular flexibility index (Phi) is 7.46. The summed E-state index contributed by atoms with van der Waals surface area (Å²) in [5, 5.41) is 2.67. The van der Waals surface area contributed by atoms with Gasteiger partial charge in [-0.05, 0) is 38.0 Å². The summed E-state index contributed by atoms with van der Waals surface area (Å²) in [7, 11) is 1.60. The molecule has 8 heteroatoms. The van der Waals surface area contributed by atoms with Gasteiger partial charge >= 0.3 is 5.97 Å². The molecule has 0 aliphatic carbocycles. The number of amides is 1. The maximum atomic E-state index is 12.1. The number of carbonyl (C=O) groups excluding carboxylic acids is 2. The van der Waals surface area contributed by atoms with Crippen molar-refractivity contribution in [2.24, 2.45) is 0 Å². The monoisotopic (exact) mass is 418 g/mol. The number of esters is 1. The van der Waals surface area contributed by atoms with Crippen LogP contribution >= 0.6 is 11.3 Å². The van der Waals surface area contributed by atoms with E-state index in [2.05, 4.69) is 4.98 Å². The van der Waals surface area contributed by atoms with Crippen LogP contribution < -0.4 is 9.47 Å². The Hall–Kier alpha value is -2.61. The smallest absolute Gasteiger partial charge is 0.326 e. The molecular formula is C21H26N2O5S. The van der Waals surface area contributed by atoms with Crippen molar-refractivity contribution in [3.63, 3.8) is 0 Å². The molecule has 1 aromatic heterocycles. The molecule has 1 fully saturated rings. The summed E-state index contributed by atoms with van der Waals surface area (Å²) in [4.78, 5) is 30.3. The van der Waals surface area contributed by atoms with Gasteiger partial charge in [-0.25, -0.2) is 4.98 Å². The standard InChI is InChI=1S/C21H26N2O5S/c1-3-27-17-9-8-15(11-18(17)26-2)21-22-16(14-29-21)13-28-20(25)12-23-10-6-4-5-7-19(23)24/h8-9,11,14H,3-7,10,12-13H2,1-2H3. The Balaban J connectivity index is 1.57. The molecule has 156 valence electrons. The maximum absolute atomic E-state index is 12.1. The number of benzene rings is 1. The Labute approximate surface area is 174 Å². The van der Waals surface area contributed by atoms with Gasteiger partial charge < -0.3 is 19.1 Å². The van der Waals surface area contributed by atoms with E-state index in [0.29, 0.717) is 36.8 Å². The summed E-state index contributed by atoms with van der Waals surface area (Å²) >= 11 is 1.47. The van der Waals surface area contributed by atoms with E-state index >= 15 is 0 Å². The van der Waals surface area contributed by atoms with Crippen LogP contribution in [0.2, 0.25) is 0 Å². The van der Waals surface area contributed by atoms with Gasteiger partial charge in [-0.2, -0.15) is 0 Å². The lowest BCUT2D eigenvalue weighted by atomic mass is 10.2. The number of carbonyl (C=O) groups is 2. The van der Waals surface area contributed by atoms with Gasteiger partial charge in [0.2, 0.25) is 5.91 Å². The highest BCUT2D eigenvalue weighted by molar-refractivity contribution is 7.13. The summed E-state index contributed by atoms with van der Waals surface area (Å²) in [6, 6.07) is 5.66. The summed E-state index contributed by atoms with van der Waals surface area (Å²) in [6.45, 7) is 3.20. The molecule has 0 N–H and O–H groups in total.